The molecule has 0 spiro atoms. The molecule has 1 amide bonds. The maximum Gasteiger partial charge on any atom is 0.221 e. The smallest absolute Gasteiger partial charge is 0.221 e. The number of carbonyl (C=O) groups is 1. The number of anilines is 1. The van der Waals surface area contributed by atoms with E-state index in [0.29, 0.717) is 6.04 Å². The van der Waals surface area contributed by atoms with Gasteiger partial charge in [0.1, 0.15) is 0 Å². The zero-order valence-electron chi connectivity index (χ0n) is 14.4. The molecule has 2 atom stereocenters. The minimum Gasteiger partial charge on any atom is -0.326 e. The third-order valence-electron chi connectivity index (χ3n) is 4.03. The molecular weight excluding hydrogens is 284 g/mol. The second-order valence-corrected chi connectivity index (χ2v) is 6.23. The lowest BCUT2D eigenvalue weighted by molar-refractivity contribution is -0.114. The number of nitrogens with one attached hydrogen (secondary N) is 2. The van der Waals surface area contributed by atoms with Crippen molar-refractivity contribution in [1.29, 1.82) is 0 Å². The van der Waals surface area contributed by atoms with Crippen molar-refractivity contribution in [3.63, 3.8) is 0 Å². The first-order valence-corrected chi connectivity index (χ1v) is 8.14. The SMILES string of the molecule is CC(=O)Nc1cccc(C(C)NC(C)Cc2ccccc2C)c1. The normalized spacial score (nSPS) is 13.4. The molecular formula is C20H26N2O. The van der Waals surface area contributed by atoms with Crippen LogP contribution in [0.1, 0.15) is 43.5 Å². The zero-order chi connectivity index (χ0) is 16.8. The lowest BCUT2D eigenvalue weighted by Crippen LogP contribution is -2.31. The Labute approximate surface area is 139 Å². The van der Waals surface area contributed by atoms with Crippen LogP contribution in [0.2, 0.25) is 0 Å². The Bertz CT molecular complexity index is 666. The molecule has 0 fully saturated rings. The van der Waals surface area contributed by atoms with Gasteiger partial charge in [-0.25, -0.2) is 0 Å². The third-order valence-corrected chi connectivity index (χ3v) is 4.03. The summed E-state index contributed by atoms with van der Waals surface area (Å²) in [6.07, 6.45) is 1.00. The highest BCUT2D eigenvalue weighted by Gasteiger charge is 2.11. The van der Waals surface area contributed by atoms with E-state index in [2.05, 4.69) is 61.7 Å². The molecule has 0 aromatic heterocycles. The molecule has 0 aliphatic heterocycles. The summed E-state index contributed by atoms with van der Waals surface area (Å²) in [5.74, 6) is -0.0457. The van der Waals surface area contributed by atoms with Crippen LogP contribution in [0.4, 0.5) is 5.69 Å². The molecule has 0 aliphatic carbocycles. The summed E-state index contributed by atoms with van der Waals surface area (Å²) in [6, 6.07) is 17.1. The summed E-state index contributed by atoms with van der Waals surface area (Å²) in [5.41, 5.74) is 4.73. The van der Waals surface area contributed by atoms with E-state index in [4.69, 9.17) is 0 Å². The summed E-state index contributed by atoms with van der Waals surface area (Å²) in [7, 11) is 0. The van der Waals surface area contributed by atoms with Gasteiger partial charge >= 0.3 is 0 Å². The average Bonchev–Trinajstić information content (AvgIpc) is 2.49. The maximum atomic E-state index is 11.2. The molecule has 0 aliphatic rings. The van der Waals surface area contributed by atoms with E-state index in [0.717, 1.165) is 12.1 Å². The maximum absolute atomic E-state index is 11.2. The molecule has 23 heavy (non-hydrogen) atoms. The number of benzene rings is 2. The highest BCUT2D eigenvalue weighted by atomic mass is 16.1. The van der Waals surface area contributed by atoms with Gasteiger partial charge in [-0.1, -0.05) is 36.4 Å². The van der Waals surface area contributed by atoms with Crippen LogP contribution in [-0.2, 0) is 11.2 Å². The Hall–Kier alpha value is -2.13. The van der Waals surface area contributed by atoms with Crippen molar-refractivity contribution < 1.29 is 4.79 Å². The molecule has 122 valence electrons. The first kappa shape index (κ1) is 17.2. The predicted octanol–water partition coefficient (Wildman–Crippen LogP) is 4.24. The van der Waals surface area contributed by atoms with Gasteiger partial charge in [0.2, 0.25) is 5.91 Å². The van der Waals surface area contributed by atoms with Gasteiger partial charge in [-0.2, -0.15) is 0 Å². The first-order valence-electron chi connectivity index (χ1n) is 8.14. The Kier molecular flexibility index (Phi) is 5.94. The van der Waals surface area contributed by atoms with Crippen molar-refractivity contribution in [2.45, 2.75) is 46.2 Å². The topological polar surface area (TPSA) is 41.1 Å². The Morgan fingerprint density at radius 2 is 1.83 bits per heavy atom. The van der Waals surface area contributed by atoms with E-state index < -0.39 is 0 Å². The number of carbonyl (C=O) groups excluding carboxylic acids is 1. The lowest BCUT2D eigenvalue weighted by Gasteiger charge is -2.21. The summed E-state index contributed by atoms with van der Waals surface area (Å²) >= 11 is 0. The van der Waals surface area contributed by atoms with Crippen molar-refractivity contribution in [3.05, 3.63) is 65.2 Å². The van der Waals surface area contributed by atoms with Gasteiger partial charge in [-0.05, 0) is 56.0 Å². The molecule has 0 saturated heterocycles. The molecule has 2 unspecified atom stereocenters. The monoisotopic (exact) mass is 310 g/mol. The molecule has 3 nitrogen and oxygen atoms in total. The highest BCUT2D eigenvalue weighted by Crippen LogP contribution is 2.19. The van der Waals surface area contributed by atoms with Gasteiger partial charge in [0.25, 0.3) is 0 Å². The molecule has 2 rings (SSSR count). The van der Waals surface area contributed by atoms with Gasteiger partial charge in [-0.15, -0.1) is 0 Å². The van der Waals surface area contributed by atoms with Crippen LogP contribution in [-0.4, -0.2) is 11.9 Å². The summed E-state index contributed by atoms with van der Waals surface area (Å²) in [5, 5.41) is 6.47. The molecule has 2 N–H and O–H groups in total. The fraction of sp³-hybridized carbons (Fsp3) is 0.350. The number of hydrogen-bond acceptors (Lipinski definition) is 2. The van der Waals surface area contributed by atoms with Gasteiger partial charge in [0.15, 0.2) is 0 Å². The van der Waals surface area contributed by atoms with Gasteiger partial charge in [0, 0.05) is 24.7 Å². The Balaban J connectivity index is 1.99. The van der Waals surface area contributed by atoms with Gasteiger partial charge < -0.3 is 10.6 Å². The van der Waals surface area contributed by atoms with Crippen LogP contribution in [0.25, 0.3) is 0 Å². The minimum atomic E-state index is -0.0457. The van der Waals surface area contributed by atoms with E-state index in [1.54, 1.807) is 0 Å². The fourth-order valence-electron chi connectivity index (χ4n) is 2.84. The molecule has 0 bridgehead atoms. The van der Waals surface area contributed by atoms with Crippen molar-refractivity contribution in [3.8, 4) is 0 Å². The van der Waals surface area contributed by atoms with E-state index >= 15 is 0 Å². The van der Waals surface area contributed by atoms with E-state index in [1.807, 2.05) is 18.2 Å². The quantitative estimate of drug-likeness (QED) is 0.838. The zero-order valence-corrected chi connectivity index (χ0v) is 14.4. The number of amides is 1. The van der Waals surface area contributed by atoms with E-state index in [9.17, 15) is 4.79 Å². The number of aryl methyl sites for hydroxylation is 1. The number of hydrogen-bond donors (Lipinski definition) is 2. The summed E-state index contributed by atoms with van der Waals surface area (Å²) in [6.45, 7) is 8.04. The van der Waals surface area contributed by atoms with Crippen molar-refractivity contribution in [1.82, 2.24) is 5.32 Å². The van der Waals surface area contributed by atoms with Crippen LogP contribution in [0.5, 0.6) is 0 Å². The second kappa shape index (κ2) is 7.93. The highest BCUT2D eigenvalue weighted by molar-refractivity contribution is 5.88. The Morgan fingerprint density at radius 3 is 2.52 bits per heavy atom. The second-order valence-electron chi connectivity index (χ2n) is 6.23. The Morgan fingerprint density at radius 1 is 1.09 bits per heavy atom. The van der Waals surface area contributed by atoms with E-state index in [1.165, 1.54) is 23.6 Å². The number of rotatable bonds is 6. The van der Waals surface area contributed by atoms with Crippen LogP contribution < -0.4 is 10.6 Å². The molecule has 3 heteroatoms. The van der Waals surface area contributed by atoms with Gasteiger partial charge in [0.05, 0.1) is 0 Å². The minimum absolute atomic E-state index is 0.0457. The first-order chi connectivity index (χ1) is 11.0. The van der Waals surface area contributed by atoms with Crippen LogP contribution in [0.15, 0.2) is 48.5 Å². The standard InChI is InChI=1S/C20H26N2O/c1-14-8-5-6-9-18(14)12-15(2)21-16(3)19-10-7-11-20(13-19)22-17(4)23/h5-11,13,15-16,21H,12H2,1-4H3,(H,22,23). The largest absolute Gasteiger partial charge is 0.326 e. The van der Waals surface area contributed by atoms with Crippen LogP contribution in [0.3, 0.4) is 0 Å². The van der Waals surface area contributed by atoms with Crippen molar-refractivity contribution in [2.24, 2.45) is 0 Å². The molecule has 2 aromatic rings. The summed E-state index contributed by atoms with van der Waals surface area (Å²) < 4.78 is 0. The summed E-state index contributed by atoms with van der Waals surface area (Å²) in [4.78, 5) is 11.2. The third kappa shape index (κ3) is 5.22. The molecule has 2 aromatic carbocycles. The van der Waals surface area contributed by atoms with Crippen molar-refractivity contribution >= 4 is 11.6 Å². The predicted molar refractivity (Wildman–Crippen MR) is 96.6 cm³/mol. The lowest BCUT2D eigenvalue weighted by atomic mass is 10.0. The molecule has 0 radical (unpaired) electrons. The van der Waals surface area contributed by atoms with Gasteiger partial charge in [-0.3, -0.25) is 4.79 Å². The molecule has 0 saturated carbocycles. The van der Waals surface area contributed by atoms with Crippen molar-refractivity contribution in [2.75, 3.05) is 5.32 Å². The van der Waals surface area contributed by atoms with Crippen LogP contribution >= 0.6 is 0 Å². The van der Waals surface area contributed by atoms with Crippen LogP contribution in [0, 0.1) is 6.92 Å². The fourth-order valence-corrected chi connectivity index (χ4v) is 2.84. The average molecular weight is 310 g/mol. The van der Waals surface area contributed by atoms with E-state index in [-0.39, 0.29) is 11.9 Å². The molecule has 0 heterocycles.